The first-order valence-corrected chi connectivity index (χ1v) is 22.8. The average Bonchev–Trinajstić information content (AvgIpc) is 4.01. The summed E-state index contributed by atoms with van der Waals surface area (Å²) in [4.78, 5) is 2.44. The van der Waals surface area contributed by atoms with Crippen LogP contribution in [-0.4, -0.2) is 4.57 Å². The van der Waals surface area contributed by atoms with Crippen molar-refractivity contribution >= 4 is 70.4 Å². The predicted octanol–water partition coefficient (Wildman–Crippen LogP) is 16.7. The topological polar surface area (TPSA) is 8.17 Å². The quantitative estimate of drug-likeness (QED) is 0.155. The molecule has 0 spiro atoms. The summed E-state index contributed by atoms with van der Waals surface area (Å²) in [5.41, 5.74) is 16.4. The molecule has 0 radical (unpaired) electrons. The molecule has 0 amide bonds. The Morgan fingerprint density at radius 2 is 0.906 bits per heavy atom. The van der Waals surface area contributed by atoms with E-state index in [9.17, 15) is 0 Å². The van der Waals surface area contributed by atoms with Gasteiger partial charge < -0.3 is 9.47 Å². The summed E-state index contributed by atoms with van der Waals surface area (Å²) in [6.45, 7) is 0. The second kappa shape index (κ2) is 14.6. The van der Waals surface area contributed by atoms with Crippen LogP contribution in [0, 0.1) is 0 Å². The number of hydrogen-bond donors (Lipinski definition) is 0. The molecule has 13 rings (SSSR count). The van der Waals surface area contributed by atoms with E-state index in [0.29, 0.717) is 0 Å². The van der Waals surface area contributed by atoms with Crippen molar-refractivity contribution in [1.29, 1.82) is 0 Å². The van der Waals surface area contributed by atoms with Crippen LogP contribution in [-0.2, 0) is 5.41 Å². The Labute approximate surface area is 376 Å². The Bertz CT molecular complexity index is 3640. The smallest absolute Gasteiger partial charge is 0.0713 e. The maximum Gasteiger partial charge on any atom is 0.0713 e. The average molecular weight is 833 g/mol. The maximum absolute atomic E-state index is 2.44. The molecule has 0 fully saturated rings. The van der Waals surface area contributed by atoms with Gasteiger partial charge in [0.2, 0.25) is 0 Å². The van der Waals surface area contributed by atoms with Crippen LogP contribution in [0.25, 0.3) is 69.9 Å². The number of fused-ring (bicyclic) bond motifs is 9. The minimum absolute atomic E-state index is 0.467. The number of hydrogen-bond acceptors (Lipinski definition) is 2. The molecule has 0 atom stereocenters. The monoisotopic (exact) mass is 832 g/mol. The third kappa shape index (κ3) is 5.51. The first-order chi connectivity index (χ1) is 31.7. The van der Waals surface area contributed by atoms with Gasteiger partial charge >= 0.3 is 0 Å². The lowest BCUT2D eigenvalue weighted by Gasteiger charge is -2.34. The highest BCUT2D eigenvalue weighted by Crippen LogP contribution is 2.57. The molecule has 0 N–H and O–H groups in total. The van der Waals surface area contributed by atoms with Crippen molar-refractivity contribution < 1.29 is 0 Å². The van der Waals surface area contributed by atoms with E-state index in [1.54, 1.807) is 0 Å². The molecule has 0 saturated carbocycles. The van der Waals surface area contributed by atoms with E-state index in [1.807, 2.05) is 11.3 Å². The van der Waals surface area contributed by atoms with E-state index in [2.05, 4.69) is 252 Å². The number of rotatable bonds is 7. The molecule has 300 valence electrons. The van der Waals surface area contributed by atoms with E-state index < -0.39 is 5.41 Å². The van der Waals surface area contributed by atoms with Gasteiger partial charge in [-0.25, -0.2) is 0 Å². The molecule has 0 aliphatic heterocycles. The van der Waals surface area contributed by atoms with Gasteiger partial charge in [-0.05, 0) is 117 Å². The van der Waals surface area contributed by atoms with Crippen molar-refractivity contribution in [1.82, 2.24) is 4.57 Å². The van der Waals surface area contributed by atoms with Gasteiger partial charge in [0.1, 0.15) is 0 Å². The highest BCUT2D eigenvalue weighted by atomic mass is 32.1. The van der Waals surface area contributed by atoms with Gasteiger partial charge in [-0.1, -0.05) is 170 Å². The molecular formula is C61H40N2S. The van der Waals surface area contributed by atoms with Crippen molar-refractivity contribution in [3.63, 3.8) is 0 Å². The lowest BCUT2D eigenvalue weighted by molar-refractivity contribution is 0.768. The third-order valence-electron chi connectivity index (χ3n) is 13.5. The number of para-hydroxylation sites is 2. The molecule has 2 heterocycles. The zero-order chi connectivity index (χ0) is 42.2. The molecule has 2 aromatic heterocycles. The lowest BCUT2D eigenvalue weighted by atomic mass is 9.68. The van der Waals surface area contributed by atoms with E-state index in [0.717, 1.165) is 22.7 Å². The summed E-state index contributed by atoms with van der Waals surface area (Å²) in [7, 11) is 0. The second-order valence-electron chi connectivity index (χ2n) is 16.8. The van der Waals surface area contributed by atoms with E-state index in [1.165, 1.54) is 86.5 Å². The van der Waals surface area contributed by atoms with Gasteiger partial charge in [-0.2, -0.15) is 0 Å². The highest BCUT2D eigenvalue weighted by molar-refractivity contribution is 7.25. The molecule has 1 aliphatic carbocycles. The summed E-state index contributed by atoms with van der Waals surface area (Å²) in [6.07, 6.45) is 0. The van der Waals surface area contributed by atoms with Crippen molar-refractivity contribution in [3.05, 3.63) is 265 Å². The fourth-order valence-electron chi connectivity index (χ4n) is 10.7. The van der Waals surface area contributed by atoms with Crippen molar-refractivity contribution in [3.8, 4) is 27.9 Å². The van der Waals surface area contributed by atoms with Gasteiger partial charge in [-0.3, -0.25) is 0 Å². The van der Waals surface area contributed by atoms with E-state index >= 15 is 0 Å². The van der Waals surface area contributed by atoms with Gasteiger partial charge in [0.25, 0.3) is 0 Å². The fraction of sp³-hybridized carbons (Fsp3) is 0.0164. The van der Waals surface area contributed by atoms with Crippen LogP contribution in [0.5, 0.6) is 0 Å². The largest absolute Gasteiger partial charge is 0.310 e. The standard InChI is InChI=1S/C61H40N2S/c1-3-16-43(17-4-1)61(44-18-5-2-6-19-44)55-26-11-7-22-49(55)53-40-48(35-36-56(53)61)62(45-33-30-41(31-34-45)42-32-37-60-54(38-42)52-25-10-14-29-59(52)64-60)46-20-15-21-47(39-46)63-57-27-12-8-23-50(57)51-24-9-13-28-58(51)63/h1-40H. The zero-order valence-corrected chi connectivity index (χ0v) is 35.7. The first kappa shape index (κ1) is 36.7. The summed E-state index contributed by atoms with van der Waals surface area (Å²) >= 11 is 1.86. The van der Waals surface area contributed by atoms with Gasteiger partial charge in [0.05, 0.1) is 16.4 Å². The number of benzene rings is 10. The molecule has 0 unspecified atom stereocenters. The Kier molecular flexibility index (Phi) is 8.34. The van der Waals surface area contributed by atoms with Gasteiger partial charge in [0.15, 0.2) is 0 Å². The minimum atomic E-state index is -0.467. The fourth-order valence-corrected chi connectivity index (χ4v) is 11.8. The van der Waals surface area contributed by atoms with Crippen LogP contribution >= 0.6 is 11.3 Å². The predicted molar refractivity (Wildman–Crippen MR) is 271 cm³/mol. The third-order valence-corrected chi connectivity index (χ3v) is 14.6. The SMILES string of the molecule is c1ccc(C2(c3ccccc3)c3ccccc3-c3cc(N(c4ccc(-c5ccc6sc7ccccc7c6c5)cc4)c4cccc(-n5c6ccccc6c6ccccc65)c4)ccc32)cc1. The van der Waals surface area contributed by atoms with Gasteiger partial charge in [-0.15, -0.1) is 11.3 Å². The van der Waals surface area contributed by atoms with Crippen molar-refractivity contribution in [2.75, 3.05) is 4.90 Å². The molecule has 2 nitrogen and oxygen atoms in total. The van der Waals surface area contributed by atoms with Crippen LogP contribution in [0.1, 0.15) is 22.3 Å². The Morgan fingerprint density at radius 1 is 0.344 bits per heavy atom. The molecule has 3 heteroatoms. The van der Waals surface area contributed by atoms with Crippen LogP contribution < -0.4 is 4.90 Å². The summed E-state index contributed by atoms with van der Waals surface area (Å²) < 4.78 is 5.05. The van der Waals surface area contributed by atoms with Crippen molar-refractivity contribution in [2.24, 2.45) is 0 Å². The van der Waals surface area contributed by atoms with Crippen LogP contribution in [0.3, 0.4) is 0 Å². The van der Waals surface area contributed by atoms with Crippen LogP contribution in [0.4, 0.5) is 17.1 Å². The van der Waals surface area contributed by atoms with Gasteiger partial charge in [0, 0.05) is 53.7 Å². The Morgan fingerprint density at radius 3 is 1.64 bits per heavy atom. The summed E-state index contributed by atoms with van der Waals surface area (Å²) in [5, 5.41) is 5.13. The molecule has 1 aliphatic rings. The zero-order valence-electron chi connectivity index (χ0n) is 34.9. The van der Waals surface area contributed by atoms with Crippen LogP contribution in [0.15, 0.2) is 243 Å². The molecule has 64 heavy (non-hydrogen) atoms. The van der Waals surface area contributed by atoms with Crippen molar-refractivity contribution in [2.45, 2.75) is 5.41 Å². The molecule has 0 saturated heterocycles. The van der Waals surface area contributed by atoms with Crippen LogP contribution in [0.2, 0.25) is 0 Å². The second-order valence-corrected chi connectivity index (χ2v) is 17.9. The number of thiophene rings is 1. The Hall–Kier alpha value is -7.98. The highest BCUT2D eigenvalue weighted by Gasteiger charge is 2.46. The minimum Gasteiger partial charge on any atom is -0.310 e. The number of aromatic nitrogens is 1. The normalized spacial score (nSPS) is 12.8. The Balaban J connectivity index is 1.01. The molecule has 12 aromatic rings. The maximum atomic E-state index is 2.44. The molecular weight excluding hydrogens is 793 g/mol. The van der Waals surface area contributed by atoms with E-state index in [-0.39, 0.29) is 0 Å². The summed E-state index contributed by atoms with van der Waals surface area (Å²) in [6, 6.07) is 89.6. The van der Waals surface area contributed by atoms with E-state index in [4.69, 9.17) is 0 Å². The lowest BCUT2D eigenvalue weighted by Crippen LogP contribution is -2.28. The first-order valence-electron chi connectivity index (χ1n) is 22.0. The number of nitrogens with zero attached hydrogens (tertiary/aromatic N) is 2. The molecule has 0 bridgehead atoms. The molecule has 10 aromatic carbocycles. The summed E-state index contributed by atoms with van der Waals surface area (Å²) in [5.74, 6) is 0. The number of anilines is 3.